The highest BCUT2D eigenvalue weighted by atomic mass is 19.4. The zero-order chi connectivity index (χ0) is 20.5. The number of nitriles is 1. The summed E-state index contributed by atoms with van der Waals surface area (Å²) in [6.07, 6.45) is -3.20. The van der Waals surface area contributed by atoms with Crippen LogP contribution in [-0.2, 0) is 6.18 Å². The lowest BCUT2D eigenvalue weighted by Crippen LogP contribution is -2.13. The standard InChI is InChI=1S/C20H12F5N3/c1-12-8-19(20(23,24)25)28(27-12)16-5-2-13(3-6-16)9-14(11-26)17-7-4-15(21)10-18(17)22/h2-10H,1H3/b14-9+. The van der Waals surface area contributed by atoms with Crippen molar-refractivity contribution < 1.29 is 22.0 Å². The highest BCUT2D eigenvalue weighted by Gasteiger charge is 2.35. The number of aromatic nitrogens is 2. The fourth-order valence-corrected chi connectivity index (χ4v) is 2.65. The Kier molecular flexibility index (Phi) is 5.01. The minimum atomic E-state index is -4.56. The van der Waals surface area contributed by atoms with Gasteiger partial charge in [0.05, 0.1) is 23.0 Å². The average Bonchev–Trinajstić information content (AvgIpc) is 3.03. The number of rotatable bonds is 3. The van der Waals surface area contributed by atoms with E-state index in [1.54, 1.807) is 0 Å². The molecule has 0 aliphatic rings. The van der Waals surface area contributed by atoms with Crippen molar-refractivity contribution in [2.75, 3.05) is 0 Å². The molecule has 28 heavy (non-hydrogen) atoms. The summed E-state index contributed by atoms with van der Waals surface area (Å²) in [6, 6.07) is 11.4. The Hall–Kier alpha value is -3.47. The predicted molar refractivity (Wildman–Crippen MR) is 93.1 cm³/mol. The summed E-state index contributed by atoms with van der Waals surface area (Å²) in [5, 5.41) is 13.1. The Balaban J connectivity index is 1.97. The van der Waals surface area contributed by atoms with Crippen LogP contribution in [0.4, 0.5) is 22.0 Å². The number of aryl methyl sites for hydroxylation is 1. The molecule has 0 spiro atoms. The molecule has 8 heteroatoms. The van der Waals surface area contributed by atoms with Crippen molar-refractivity contribution in [1.29, 1.82) is 5.26 Å². The van der Waals surface area contributed by atoms with Crippen molar-refractivity contribution in [2.24, 2.45) is 0 Å². The summed E-state index contributed by atoms with van der Waals surface area (Å²) in [4.78, 5) is 0. The molecular formula is C20H12F5N3. The second kappa shape index (κ2) is 7.27. The first-order chi connectivity index (χ1) is 13.2. The van der Waals surface area contributed by atoms with Gasteiger partial charge in [0.2, 0.25) is 0 Å². The molecule has 3 nitrogen and oxygen atoms in total. The van der Waals surface area contributed by atoms with E-state index in [0.29, 0.717) is 11.6 Å². The molecule has 0 atom stereocenters. The second-order valence-electron chi connectivity index (χ2n) is 5.97. The Morgan fingerprint density at radius 2 is 1.75 bits per heavy atom. The van der Waals surface area contributed by atoms with Gasteiger partial charge >= 0.3 is 6.18 Å². The molecule has 0 aliphatic carbocycles. The summed E-state index contributed by atoms with van der Waals surface area (Å²) in [7, 11) is 0. The fourth-order valence-electron chi connectivity index (χ4n) is 2.65. The van der Waals surface area contributed by atoms with Crippen LogP contribution in [0.5, 0.6) is 0 Å². The topological polar surface area (TPSA) is 41.6 Å². The molecule has 0 aliphatic heterocycles. The summed E-state index contributed by atoms with van der Waals surface area (Å²) >= 11 is 0. The fraction of sp³-hybridized carbons (Fsp3) is 0.100. The van der Waals surface area contributed by atoms with Crippen LogP contribution in [0.25, 0.3) is 17.3 Å². The van der Waals surface area contributed by atoms with E-state index in [-0.39, 0.29) is 22.5 Å². The van der Waals surface area contributed by atoms with Crippen LogP contribution < -0.4 is 0 Å². The highest BCUT2D eigenvalue weighted by molar-refractivity contribution is 5.89. The number of nitrogens with zero attached hydrogens (tertiary/aromatic N) is 3. The molecule has 1 aromatic heterocycles. The number of halogens is 5. The third kappa shape index (κ3) is 3.93. The molecule has 0 unspecified atom stereocenters. The van der Waals surface area contributed by atoms with E-state index in [1.165, 1.54) is 37.3 Å². The van der Waals surface area contributed by atoms with E-state index in [4.69, 9.17) is 0 Å². The van der Waals surface area contributed by atoms with Crippen molar-refractivity contribution in [3.63, 3.8) is 0 Å². The van der Waals surface area contributed by atoms with Gasteiger partial charge < -0.3 is 0 Å². The molecular weight excluding hydrogens is 377 g/mol. The molecule has 0 radical (unpaired) electrons. The lowest BCUT2D eigenvalue weighted by molar-refractivity contribution is -0.142. The highest BCUT2D eigenvalue weighted by Crippen LogP contribution is 2.31. The van der Waals surface area contributed by atoms with Crippen molar-refractivity contribution in [1.82, 2.24) is 9.78 Å². The van der Waals surface area contributed by atoms with Crippen molar-refractivity contribution in [2.45, 2.75) is 13.1 Å². The average molecular weight is 389 g/mol. The second-order valence-corrected chi connectivity index (χ2v) is 5.97. The van der Waals surface area contributed by atoms with Gasteiger partial charge in [0.1, 0.15) is 17.3 Å². The van der Waals surface area contributed by atoms with Crippen LogP contribution in [0.1, 0.15) is 22.5 Å². The SMILES string of the molecule is Cc1cc(C(F)(F)F)n(-c2ccc(/C=C(\C#N)c3ccc(F)cc3F)cc2)n1. The number of benzene rings is 2. The molecule has 2 aromatic carbocycles. The van der Waals surface area contributed by atoms with Crippen molar-refractivity contribution in [3.05, 3.63) is 82.7 Å². The normalized spacial score (nSPS) is 12.1. The summed E-state index contributed by atoms with van der Waals surface area (Å²) < 4.78 is 67.1. The van der Waals surface area contributed by atoms with Crippen molar-refractivity contribution >= 4 is 11.6 Å². The Labute approximate surface area is 157 Å². The molecule has 1 heterocycles. The molecule has 142 valence electrons. The van der Waals surface area contributed by atoms with Gasteiger partial charge in [-0.3, -0.25) is 0 Å². The molecule has 0 saturated carbocycles. The van der Waals surface area contributed by atoms with Gasteiger partial charge in [0.25, 0.3) is 0 Å². The smallest absolute Gasteiger partial charge is 0.228 e. The van der Waals surface area contributed by atoms with Crippen LogP contribution in [0.3, 0.4) is 0 Å². The van der Waals surface area contributed by atoms with Gasteiger partial charge in [-0.05, 0) is 48.9 Å². The third-order valence-electron chi connectivity index (χ3n) is 3.91. The minimum absolute atomic E-state index is 0.0452. The van der Waals surface area contributed by atoms with E-state index < -0.39 is 23.5 Å². The quantitative estimate of drug-likeness (QED) is 0.335. The van der Waals surface area contributed by atoms with Crippen LogP contribution >= 0.6 is 0 Å². The number of alkyl halides is 3. The first kappa shape index (κ1) is 19.3. The van der Waals surface area contributed by atoms with E-state index in [1.807, 2.05) is 6.07 Å². The summed E-state index contributed by atoms with van der Waals surface area (Å²) in [6.45, 7) is 1.46. The molecule has 3 aromatic rings. The Bertz CT molecular complexity index is 1090. The molecule has 0 amide bonds. The first-order valence-electron chi connectivity index (χ1n) is 8.00. The molecule has 0 fully saturated rings. The van der Waals surface area contributed by atoms with Crippen LogP contribution in [-0.4, -0.2) is 9.78 Å². The van der Waals surface area contributed by atoms with Gasteiger partial charge in [0.15, 0.2) is 0 Å². The Morgan fingerprint density at radius 1 is 1.07 bits per heavy atom. The Morgan fingerprint density at radius 3 is 2.32 bits per heavy atom. The molecule has 0 N–H and O–H groups in total. The van der Waals surface area contributed by atoms with Crippen LogP contribution in [0, 0.1) is 29.9 Å². The van der Waals surface area contributed by atoms with Crippen LogP contribution in [0.2, 0.25) is 0 Å². The largest absolute Gasteiger partial charge is 0.433 e. The molecule has 0 bridgehead atoms. The maximum absolute atomic E-state index is 13.9. The zero-order valence-electron chi connectivity index (χ0n) is 14.4. The van der Waals surface area contributed by atoms with E-state index >= 15 is 0 Å². The van der Waals surface area contributed by atoms with Gasteiger partial charge in [-0.15, -0.1) is 0 Å². The minimum Gasteiger partial charge on any atom is -0.228 e. The number of hydrogen-bond donors (Lipinski definition) is 0. The summed E-state index contributed by atoms with van der Waals surface area (Å²) in [5.41, 5.74) is -0.161. The van der Waals surface area contributed by atoms with Crippen molar-refractivity contribution in [3.8, 4) is 11.8 Å². The van der Waals surface area contributed by atoms with E-state index in [2.05, 4.69) is 5.10 Å². The monoisotopic (exact) mass is 389 g/mol. The lowest BCUT2D eigenvalue weighted by atomic mass is 10.0. The zero-order valence-corrected chi connectivity index (χ0v) is 14.4. The third-order valence-corrected chi connectivity index (χ3v) is 3.91. The van der Waals surface area contributed by atoms with Gasteiger partial charge in [-0.1, -0.05) is 12.1 Å². The van der Waals surface area contributed by atoms with Gasteiger partial charge in [-0.25, -0.2) is 13.5 Å². The van der Waals surface area contributed by atoms with E-state index in [0.717, 1.165) is 22.9 Å². The van der Waals surface area contributed by atoms with E-state index in [9.17, 15) is 27.2 Å². The maximum Gasteiger partial charge on any atom is 0.433 e. The molecule has 0 saturated heterocycles. The predicted octanol–water partition coefficient (Wildman–Crippen LogP) is 5.54. The van der Waals surface area contributed by atoms with Gasteiger partial charge in [0, 0.05) is 11.6 Å². The number of hydrogen-bond acceptors (Lipinski definition) is 2. The van der Waals surface area contributed by atoms with Crippen LogP contribution in [0.15, 0.2) is 48.5 Å². The summed E-state index contributed by atoms with van der Waals surface area (Å²) in [5.74, 6) is -1.65. The molecule has 3 rings (SSSR count). The lowest BCUT2D eigenvalue weighted by Gasteiger charge is -2.10. The van der Waals surface area contributed by atoms with Gasteiger partial charge in [-0.2, -0.15) is 23.5 Å². The maximum atomic E-state index is 13.9. The first-order valence-corrected chi connectivity index (χ1v) is 8.00. The number of allylic oxidation sites excluding steroid dienone is 1.